The lowest BCUT2D eigenvalue weighted by atomic mass is 10.0. The van der Waals surface area contributed by atoms with Gasteiger partial charge in [0.2, 0.25) is 53.2 Å². The Labute approximate surface area is 508 Å². The minimum Gasteiger partial charge on any atom is -0.370 e. The first-order valence-corrected chi connectivity index (χ1v) is 29.1. The van der Waals surface area contributed by atoms with Crippen molar-refractivity contribution in [3.63, 3.8) is 0 Å². The fourth-order valence-electron chi connectivity index (χ4n) is 9.34. The summed E-state index contributed by atoms with van der Waals surface area (Å²) in [4.78, 5) is 157. The molecule has 0 aliphatic carbocycles. The van der Waals surface area contributed by atoms with Gasteiger partial charge in [0.25, 0.3) is 5.91 Å². The molecule has 474 valence electrons. The highest BCUT2D eigenvalue weighted by atomic mass is 18.2. The molecule has 0 unspecified atom stereocenters. The highest BCUT2D eigenvalue weighted by Crippen LogP contribution is 2.20. The second-order valence-electron chi connectivity index (χ2n) is 22.2. The summed E-state index contributed by atoms with van der Waals surface area (Å²) in [6.45, 7) is 7.99. The Kier molecular flexibility index (Phi) is 27.3. The fraction of sp³-hybridized carbons (Fsp3) is 0.443. The van der Waals surface area contributed by atoms with Gasteiger partial charge in [-0.3, -0.25) is 58.1 Å². The molecule has 0 radical (unpaired) electrons. The maximum Gasteiger partial charge on any atom is 0.251 e. The molecule has 88 heavy (non-hydrogen) atoms. The summed E-state index contributed by atoms with van der Waals surface area (Å²) in [5, 5.41) is 24.9. The second kappa shape index (κ2) is 34.7. The summed E-state index contributed by atoms with van der Waals surface area (Å²) in [7, 11) is 0. The van der Waals surface area contributed by atoms with E-state index in [0.29, 0.717) is 29.7 Å². The van der Waals surface area contributed by atoms with Crippen LogP contribution >= 0.6 is 0 Å². The number of ketones is 1. The molecule has 7 atom stereocenters. The fourth-order valence-corrected chi connectivity index (χ4v) is 9.34. The summed E-state index contributed by atoms with van der Waals surface area (Å²) >= 11 is 0. The molecular formula is C61H80F2N14O11. The van der Waals surface area contributed by atoms with Gasteiger partial charge in [0, 0.05) is 86.2 Å². The first-order valence-electron chi connectivity index (χ1n) is 29.1. The number of carbonyl (C=O) groups excluding carboxylic acids is 11. The van der Waals surface area contributed by atoms with Gasteiger partial charge in [0.05, 0.1) is 18.9 Å². The van der Waals surface area contributed by atoms with Gasteiger partial charge < -0.3 is 64.0 Å². The number of aromatic nitrogens is 3. The SMILES string of the molecule is CC(C)C[C@H](NC(=O)[C@H](Cc1ccccc1)NC(=O)[C@H](Cc1cnc[nH]1)NC(=O)CCNC(=O)[C@H](NC(=O)[C@H](C)NC(=O)[C@H](Cc1c[nH]c2ccccc12)NC(=O)[C@H](CCC(N)=O)NCC(=O)CCCCNC(=O)c1ccc([18F])c([18F])c1)C(C)C)C(N)=O. The minimum absolute atomic E-state index is 0.00112. The molecule has 10 amide bonds. The Hall–Kier alpha value is -9.40. The Morgan fingerprint density at radius 2 is 1.24 bits per heavy atom. The lowest BCUT2D eigenvalue weighted by Gasteiger charge is -2.26. The average molecular weight is 1220 g/mol. The number of para-hydroxylation sites is 1. The van der Waals surface area contributed by atoms with Crippen LogP contribution in [0.3, 0.4) is 0 Å². The van der Waals surface area contributed by atoms with E-state index in [0.717, 1.165) is 29.1 Å². The average Bonchev–Trinajstić information content (AvgIpc) is 3.98. The van der Waals surface area contributed by atoms with Crippen molar-refractivity contribution in [3.05, 3.63) is 126 Å². The van der Waals surface area contributed by atoms with Crippen molar-refractivity contribution in [1.29, 1.82) is 0 Å². The molecule has 0 aliphatic rings. The number of nitrogens with zero attached hydrogens (tertiary/aromatic N) is 1. The van der Waals surface area contributed by atoms with Crippen LogP contribution < -0.4 is 59.3 Å². The lowest BCUT2D eigenvalue weighted by molar-refractivity contribution is -0.134. The molecule has 5 aromatic rings. The zero-order valence-electron chi connectivity index (χ0n) is 49.9. The van der Waals surface area contributed by atoms with Crippen LogP contribution in [0.25, 0.3) is 10.9 Å². The van der Waals surface area contributed by atoms with Crippen LogP contribution in [0.4, 0.5) is 8.78 Å². The number of unbranched alkanes of at least 4 members (excludes halogenated alkanes) is 1. The standard InChI is InChI=1S/C61H80F2N14O11/c1-34(2)25-47(54(65)81)74-59(86)48(26-37-13-7-6-8-14-37)75-60(87)50(29-40-31-66-33-71-40)73-52(80)22-24-68-61(88)53(35(3)4)77-55(82)36(5)72-58(85)49(28-39-30-69-45-17-10-9-16-42(39)45)76-57(84)46(20-21-51(64)79)70-32-41(78)15-11-12-23-67-56(83)38-18-19-43(62)44(63)27-38/h6-10,13-14,16-19,27,30-31,33-36,46-50,53,69-70H,11-12,15,20-26,28-29,32H2,1-5H3,(H2,64,79)(H2,65,81)(H,66,71)(H,67,83)(H,68,88)(H,72,85)(H,73,80)(H,74,86)(H,75,87)(H,76,84)(H,77,82)/t36-,46-,47-,48-,49-,50-,53+/m0/s1/i62-1,63-1. The molecule has 2 aromatic heterocycles. The molecule has 0 saturated heterocycles. The van der Waals surface area contributed by atoms with Gasteiger partial charge >= 0.3 is 0 Å². The van der Waals surface area contributed by atoms with Gasteiger partial charge in [-0.15, -0.1) is 0 Å². The van der Waals surface area contributed by atoms with Gasteiger partial charge in [-0.05, 0) is 79.8 Å². The number of imidazole rings is 1. The number of nitrogens with one attached hydrogen (secondary N) is 11. The maximum absolute atomic E-state index is 14.2. The van der Waals surface area contributed by atoms with E-state index in [1.807, 2.05) is 32.0 Å². The zero-order chi connectivity index (χ0) is 64.5. The van der Waals surface area contributed by atoms with E-state index in [1.165, 1.54) is 19.4 Å². The van der Waals surface area contributed by atoms with Crippen molar-refractivity contribution >= 4 is 75.8 Å². The van der Waals surface area contributed by atoms with Crippen LogP contribution in [-0.2, 0) is 67.2 Å². The maximum atomic E-state index is 14.2. The summed E-state index contributed by atoms with van der Waals surface area (Å²) in [5.74, 6) is -10.3. The third-order valence-electron chi connectivity index (χ3n) is 14.2. The summed E-state index contributed by atoms with van der Waals surface area (Å²) in [5.41, 5.74) is 13.5. The van der Waals surface area contributed by atoms with Crippen molar-refractivity contribution in [2.24, 2.45) is 23.3 Å². The van der Waals surface area contributed by atoms with Crippen molar-refractivity contribution in [2.75, 3.05) is 19.6 Å². The van der Waals surface area contributed by atoms with Gasteiger partial charge in [-0.25, -0.2) is 13.8 Å². The minimum atomic E-state index is -1.34. The molecule has 15 N–H and O–H groups in total. The Balaban J connectivity index is 1.19. The summed E-state index contributed by atoms with van der Waals surface area (Å²) in [6, 6.07) is 10.3. The molecule has 0 spiro atoms. The van der Waals surface area contributed by atoms with Crippen LogP contribution in [0.2, 0.25) is 0 Å². The van der Waals surface area contributed by atoms with Gasteiger partial charge in [0.1, 0.15) is 42.0 Å². The van der Waals surface area contributed by atoms with Crippen LogP contribution in [0.15, 0.2) is 91.5 Å². The smallest absolute Gasteiger partial charge is 0.251 e. The molecule has 25 nitrogen and oxygen atoms in total. The van der Waals surface area contributed by atoms with E-state index in [-0.39, 0.29) is 88.3 Å². The molecule has 0 bridgehead atoms. The van der Waals surface area contributed by atoms with Gasteiger partial charge in [-0.2, -0.15) is 0 Å². The normalized spacial score (nSPS) is 13.6. The van der Waals surface area contributed by atoms with E-state index in [2.05, 4.69) is 62.8 Å². The molecular weight excluding hydrogens is 1140 g/mol. The first-order chi connectivity index (χ1) is 41.9. The zero-order valence-corrected chi connectivity index (χ0v) is 49.9. The van der Waals surface area contributed by atoms with Crippen LogP contribution in [0, 0.1) is 23.5 Å². The number of nitrogens with two attached hydrogens (primary N) is 2. The van der Waals surface area contributed by atoms with Crippen LogP contribution in [0.5, 0.6) is 0 Å². The Morgan fingerprint density at radius 3 is 1.89 bits per heavy atom. The number of H-pyrrole nitrogens is 2. The van der Waals surface area contributed by atoms with Gasteiger partial charge in [0.15, 0.2) is 11.6 Å². The van der Waals surface area contributed by atoms with E-state index < -0.39 is 119 Å². The van der Waals surface area contributed by atoms with Crippen molar-refractivity contribution in [1.82, 2.24) is 62.8 Å². The predicted octanol–water partition coefficient (Wildman–Crippen LogP) is 1.21. The Bertz CT molecular complexity index is 3210. The van der Waals surface area contributed by atoms with E-state index in [1.54, 1.807) is 56.4 Å². The van der Waals surface area contributed by atoms with Gasteiger partial charge in [-0.1, -0.05) is 76.2 Å². The van der Waals surface area contributed by atoms with Crippen molar-refractivity contribution < 1.29 is 61.5 Å². The van der Waals surface area contributed by atoms with Crippen LogP contribution in [0.1, 0.15) is 107 Å². The number of rotatable bonds is 37. The number of amides is 10. The van der Waals surface area contributed by atoms with E-state index in [9.17, 15) is 61.5 Å². The number of primary amides is 2. The molecule has 2 heterocycles. The molecule has 3 aromatic carbocycles. The number of hydrogen-bond acceptors (Lipinski definition) is 13. The number of carbonyl (C=O) groups is 11. The number of aromatic amines is 2. The predicted molar refractivity (Wildman–Crippen MR) is 321 cm³/mol. The summed E-state index contributed by atoms with van der Waals surface area (Å²) in [6.07, 6.45) is 4.58. The van der Waals surface area contributed by atoms with Crippen molar-refractivity contribution in [2.45, 2.75) is 141 Å². The Morgan fingerprint density at radius 1 is 0.591 bits per heavy atom. The number of benzene rings is 3. The quantitative estimate of drug-likeness (QED) is 0.0249. The van der Waals surface area contributed by atoms with Crippen molar-refractivity contribution in [3.8, 4) is 0 Å². The largest absolute Gasteiger partial charge is 0.370 e. The number of hydrogen-bond donors (Lipinski definition) is 13. The third kappa shape index (κ3) is 22.8. The third-order valence-corrected chi connectivity index (χ3v) is 14.2. The lowest BCUT2D eigenvalue weighted by Crippen LogP contribution is -2.58. The summed E-state index contributed by atoms with van der Waals surface area (Å²) < 4.78 is 26.9. The molecule has 0 fully saturated rings. The highest BCUT2D eigenvalue weighted by molar-refractivity contribution is 5.97. The molecule has 27 heteroatoms. The van der Waals surface area contributed by atoms with E-state index >= 15 is 0 Å². The number of halogens is 2. The van der Waals surface area contributed by atoms with E-state index in [4.69, 9.17) is 11.5 Å². The first kappa shape index (κ1) is 69.4. The number of fused-ring (bicyclic) bond motifs is 1. The number of Topliss-reactive ketones (excluding diaryl/α,β-unsaturated/α-hetero) is 1. The second-order valence-corrected chi connectivity index (χ2v) is 22.2. The monoisotopic (exact) mass is 1220 g/mol. The molecule has 0 aliphatic heterocycles. The highest BCUT2D eigenvalue weighted by Gasteiger charge is 2.33. The topological polar surface area (TPSA) is 393 Å². The molecule has 5 rings (SSSR count). The van der Waals surface area contributed by atoms with Crippen LogP contribution in [-0.4, -0.2) is 142 Å². The molecule has 0 saturated carbocycles.